The fourth-order valence-electron chi connectivity index (χ4n) is 10.1. The third kappa shape index (κ3) is 27.5. The van der Waals surface area contributed by atoms with Crippen LogP contribution in [0, 0.1) is 17.8 Å². The minimum atomic E-state index is -1.62. The monoisotopic (exact) mass is 1170 g/mol. The molecule has 0 radical (unpaired) electrons. The Balaban J connectivity index is 2.17. The second-order valence-electron chi connectivity index (χ2n) is 26.2. The van der Waals surface area contributed by atoms with Crippen molar-refractivity contribution < 1.29 is 47.9 Å². The van der Waals surface area contributed by atoms with Crippen LogP contribution in [0.5, 0.6) is 0 Å². The van der Waals surface area contributed by atoms with Crippen molar-refractivity contribution in [1.82, 2.24) is 62.6 Å². The molecule has 0 bridgehead atoms. The van der Waals surface area contributed by atoms with E-state index in [1.165, 1.54) is 41.5 Å². The van der Waals surface area contributed by atoms with Gasteiger partial charge in [-0.1, -0.05) is 107 Å². The summed E-state index contributed by atoms with van der Waals surface area (Å²) in [6.45, 7) is 30.0. The van der Waals surface area contributed by atoms with Gasteiger partial charge in [0.15, 0.2) is 0 Å². The summed E-state index contributed by atoms with van der Waals surface area (Å²) in [6, 6.07) is -5.08. The van der Waals surface area contributed by atoms with Crippen LogP contribution >= 0.6 is 0 Å². The fraction of sp³-hybridized carbons (Fsp3) is 0.836. The van der Waals surface area contributed by atoms with Gasteiger partial charge >= 0.3 is 0 Å². The van der Waals surface area contributed by atoms with E-state index >= 15 is 0 Å². The number of rotatable bonds is 38. The number of hydrogen-bond acceptors (Lipinski definition) is 12. The fourth-order valence-corrected chi connectivity index (χ4v) is 10.1. The molecule has 2 aliphatic heterocycles. The number of nitrogens with zero attached hydrogens (tertiary/aromatic N) is 3. The zero-order valence-electron chi connectivity index (χ0n) is 53.7. The van der Waals surface area contributed by atoms with Gasteiger partial charge in [0.05, 0.1) is 0 Å². The zero-order chi connectivity index (χ0) is 62.7. The van der Waals surface area contributed by atoms with E-state index in [9.17, 15) is 47.9 Å². The van der Waals surface area contributed by atoms with Gasteiger partial charge in [-0.25, -0.2) is 0 Å². The van der Waals surface area contributed by atoms with Gasteiger partial charge in [-0.2, -0.15) is 0 Å². The highest BCUT2D eigenvalue weighted by atomic mass is 16.2. The predicted molar refractivity (Wildman–Crippen MR) is 324 cm³/mol. The molecule has 0 unspecified atom stereocenters. The molecule has 0 aliphatic carbocycles. The van der Waals surface area contributed by atoms with Gasteiger partial charge in [-0.05, 0) is 111 Å². The van der Waals surface area contributed by atoms with E-state index in [1.807, 2.05) is 41.5 Å². The first kappa shape index (κ1) is 73.7. The van der Waals surface area contributed by atoms with E-state index in [-0.39, 0.29) is 61.8 Å². The van der Waals surface area contributed by atoms with Gasteiger partial charge in [0.25, 0.3) is 0 Å². The molecule has 5 atom stereocenters. The van der Waals surface area contributed by atoms with Crippen LogP contribution in [0.25, 0.3) is 0 Å². The van der Waals surface area contributed by atoms with Crippen molar-refractivity contribution in [2.24, 2.45) is 17.8 Å². The van der Waals surface area contributed by atoms with E-state index < -0.39 is 94.1 Å². The van der Waals surface area contributed by atoms with E-state index in [0.29, 0.717) is 45.2 Å². The number of amides is 10. The lowest BCUT2D eigenvalue weighted by Gasteiger charge is -2.34. The van der Waals surface area contributed by atoms with Crippen molar-refractivity contribution in [3.05, 3.63) is 0 Å². The standard InChI is InChI=1S/C61H112N12O10/c1-16-18-20-21-22-24-26-44(64-55(80)48-27-25-32-73(48)50(75)28-23-19-17-2)51(76)65-46(39-42(5)6)53(78)68-60(11,12)57(82)67-45(38-41(3)4)52(77)66-47(40-43(7)8)54(79)69-61(13,14)58(83)70-59(9,10)56(81)63-30-29-49(74)62-31-33-72-36-34-71(15)35-37-72/h41-48H,16-40H2,1-15H3,(H,62,74)(H,63,81)(H,64,80)(H,65,76)(H,66,77)(H,67,82)(H,68,78)(H,69,79)(H,70,83)/t44-,45-,46-,47-,48-/m0/s1. The molecule has 2 aliphatic rings. The highest BCUT2D eigenvalue weighted by Crippen LogP contribution is 2.21. The number of unbranched alkanes of at least 4 members (excludes halogenated alkanes) is 7. The Morgan fingerprint density at radius 1 is 0.482 bits per heavy atom. The van der Waals surface area contributed by atoms with Gasteiger partial charge in [0.2, 0.25) is 59.1 Å². The van der Waals surface area contributed by atoms with Crippen LogP contribution in [-0.2, 0) is 47.9 Å². The summed E-state index contributed by atoms with van der Waals surface area (Å²) in [5, 5.41) is 25.3. The Kier molecular flexibility index (Phi) is 32.4. The van der Waals surface area contributed by atoms with Crippen LogP contribution in [0.4, 0.5) is 0 Å². The minimum absolute atomic E-state index is 0.0480. The molecule has 22 heteroatoms. The van der Waals surface area contributed by atoms with Crippen LogP contribution in [0.2, 0.25) is 0 Å². The third-order valence-corrected chi connectivity index (χ3v) is 15.3. The molecule has 83 heavy (non-hydrogen) atoms. The molecule has 2 fully saturated rings. The van der Waals surface area contributed by atoms with Crippen LogP contribution in [0.3, 0.4) is 0 Å². The maximum absolute atomic E-state index is 14.3. The molecule has 2 saturated heterocycles. The zero-order valence-corrected chi connectivity index (χ0v) is 53.7. The largest absolute Gasteiger partial charge is 0.355 e. The van der Waals surface area contributed by atoms with Crippen molar-refractivity contribution in [3.8, 4) is 0 Å². The molecular weight excluding hydrogens is 1060 g/mol. The predicted octanol–water partition coefficient (Wildman–Crippen LogP) is 3.94. The van der Waals surface area contributed by atoms with Crippen LogP contribution < -0.4 is 47.9 Å². The van der Waals surface area contributed by atoms with Crippen molar-refractivity contribution in [2.75, 3.05) is 59.4 Å². The van der Waals surface area contributed by atoms with E-state index in [2.05, 4.69) is 78.5 Å². The summed E-state index contributed by atoms with van der Waals surface area (Å²) in [5.74, 6) is -5.39. The summed E-state index contributed by atoms with van der Waals surface area (Å²) in [6.07, 6.45) is 10.8. The lowest BCUT2D eigenvalue weighted by Crippen LogP contribution is -2.65. The normalized spacial score (nSPS) is 16.8. The number of hydrogen-bond donors (Lipinski definition) is 9. The van der Waals surface area contributed by atoms with Crippen LogP contribution in [0.1, 0.15) is 206 Å². The minimum Gasteiger partial charge on any atom is -0.355 e. The summed E-state index contributed by atoms with van der Waals surface area (Å²) in [4.78, 5) is 144. The Morgan fingerprint density at radius 2 is 0.964 bits per heavy atom. The molecule has 22 nitrogen and oxygen atoms in total. The van der Waals surface area contributed by atoms with Crippen LogP contribution in [-0.4, -0.2) is 180 Å². The molecule has 0 saturated carbocycles. The maximum Gasteiger partial charge on any atom is 0.246 e. The molecule has 2 heterocycles. The second kappa shape index (κ2) is 36.5. The Labute approximate surface area is 497 Å². The van der Waals surface area contributed by atoms with Crippen molar-refractivity contribution in [1.29, 1.82) is 0 Å². The summed E-state index contributed by atoms with van der Waals surface area (Å²) in [7, 11) is 2.08. The second-order valence-corrected chi connectivity index (χ2v) is 26.2. The Hall–Kier alpha value is -5.38. The third-order valence-electron chi connectivity index (χ3n) is 15.3. The molecule has 0 spiro atoms. The van der Waals surface area contributed by atoms with Gasteiger partial charge in [0, 0.05) is 65.2 Å². The first-order valence-corrected chi connectivity index (χ1v) is 31.3. The number of likely N-dealkylation sites (N-methyl/N-ethyl adjacent to an activating group) is 1. The molecular formula is C61H112N12O10. The average Bonchev–Trinajstić information content (AvgIpc) is 4.04. The smallest absolute Gasteiger partial charge is 0.246 e. The van der Waals surface area contributed by atoms with Crippen molar-refractivity contribution in [2.45, 2.75) is 253 Å². The number of likely N-dealkylation sites (tertiary alicyclic amines) is 1. The van der Waals surface area contributed by atoms with E-state index in [4.69, 9.17) is 0 Å². The molecule has 9 N–H and O–H groups in total. The molecule has 0 aromatic rings. The quantitative estimate of drug-likeness (QED) is 0.0398. The van der Waals surface area contributed by atoms with Gasteiger partial charge in [-0.15, -0.1) is 0 Å². The first-order chi connectivity index (χ1) is 38.8. The number of piperazine rings is 1. The summed E-state index contributed by atoms with van der Waals surface area (Å²) < 4.78 is 0. The molecule has 2 rings (SSSR count). The average molecular weight is 1170 g/mol. The van der Waals surface area contributed by atoms with Crippen LogP contribution in [0.15, 0.2) is 0 Å². The van der Waals surface area contributed by atoms with Crippen molar-refractivity contribution in [3.63, 3.8) is 0 Å². The van der Waals surface area contributed by atoms with E-state index in [0.717, 1.165) is 84.1 Å². The van der Waals surface area contributed by atoms with E-state index in [1.54, 1.807) is 4.90 Å². The molecule has 0 aromatic heterocycles. The van der Waals surface area contributed by atoms with Gasteiger partial charge < -0.3 is 57.7 Å². The highest BCUT2D eigenvalue weighted by Gasteiger charge is 2.41. The lowest BCUT2D eigenvalue weighted by atomic mass is 9.96. The lowest BCUT2D eigenvalue weighted by molar-refractivity contribution is -0.140. The first-order valence-electron chi connectivity index (χ1n) is 31.3. The topological polar surface area (TPSA) is 289 Å². The highest BCUT2D eigenvalue weighted by molar-refractivity contribution is 6.00. The van der Waals surface area contributed by atoms with Gasteiger partial charge in [-0.3, -0.25) is 52.8 Å². The maximum atomic E-state index is 14.3. The van der Waals surface area contributed by atoms with Gasteiger partial charge in [0.1, 0.15) is 46.8 Å². The number of nitrogens with one attached hydrogen (secondary N) is 9. The molecule has 476 valence electrons. The molecule has 0 aromatic carbocycles. The Bertz CT molecular complexity index is 2110. The Morgan fingerprint density at radius 3 is 1.51 bits per heavy atom. The SMILES string of the molecule is CCCCCCCC[C@H](NC(=O)[C@@H]1CCCN1C(=O)CCCCC)C(=O)N[C@@H](CC(C)C)C(=O)NC(C)(C)C(=O)N[C@@H](CC(C)C)C(=O)N[C@@H](CC(C)C)C(=O)NC(C)(C)C(=O)NC(C)(C)C(=O)NCCC(=O)NCCN1CCN(C)CC1. The number of carbonyl (C=O) groups is 10. The number of carbonyl (C=O) groups excluding carboxylic acids is 10. The van der Waals surface area contributed by atoms with Crippen molar-refractivity contribution >= 4 is 59.1 Å². The summed E-state index contributed by atoms with van der Waals surface area (Å²) >= 11 is 0. The molecule has 10 amide bonds. The summed E-state index contributed by atoms with van der Waals surface area (Å²) in [5.41, 5.74) is -4.64.